The van der Waals surface area contributed by atoms with Crippen LogP contribution in [0.1, 0.15) is 30.8 Å². The Morgan fingerprint density at radius 1 is 1.14 bits per heavy atom. The minimum atomic E-state index is 0.0312. The van der Waals surface area contributed by atoms with E-state index >= 15 is 0 Å². The van der Waals surface area contributed by atoms with Crippen LogP contribution in [0.2, 0.25) is 0 Å². The van der Waals surface area contributed by atoms with Gasteiger partial charge >= 0.3 is 0 Å². The predicted octanol–water partition coefficient (Wildman–Crippen LogP) is 3.07. The van der Waals surface area contributed by atoms with Crippen molar-refractivity contribution in [1.82, 2.24) is 14.5 Å². The van der Waals surface area contributed by atoms with Crippen LogP contribution in [0.25, 0.3) is 11.0 Å². The van der Waals surface area contributed by atoms with Gasteiger partial charge in [-0.05, 0) is 43.2 Å². The van der Waals surface area contributed by atoms with Crippen LogP contribution in [0, 0.1) is 6.92 Å². The molecular weight excluding hydrogens is 260 g/mol. The zero-order valence-corrected chi connectivity index (χ0v) is 12.4. The topological polar surface area (TPSA) is 56.7 Å². The van der Waals surface area contributed by atoms with Gasteiger partial charge in [-0.1, -0.05) is 19.1 Å². The van der Waals surface area contributed by atoms with Crippen molar-refractivity contribution in [3.63, 3.8) is 0 Å². The first-order valence-electron chi connectivity index (χ1n) is 7.31. The first-order valence-corrected chi connectivity index (χ1v) is 7.31. The summed E-state index contributed by atoms with van der Waals surface area (Å²) in [7, 11) is 0. The lowest BCUT2D eigenvalue weighted by molar-refractivity contribution is 0.460. The minimum absolute atomic E-state index is 0.0312. The molecule has 21 heavy (non-hydrogen) atoms. The number of aromatic nitrogens is 3. The Labute approximate surface area is 124 Å². The highest BCUT2D eigenvalue weighted by Gasteiger charge is 2.24. The highest BCUT2D eigenvalue weighted by molar-refractivity contribution is 5.76. The third kappa shape index (κ3) is 2.43. The van der Waals surface area contributed by atoms with Crippen LogP contribution < -0.4 is 5.73 Å². The van der Waals surface area contributed by atoms with Gasteiger partial charge in [0.05, 0.1) is 17.1 Å². The van der Waals surface area contributed by atoms with Crippen LogP contribution in [0.15, 0.2) is 48.8 Å². The van der Waals surface area contributed by atoms with Crippen LogP contribution >= 0.6 is 0 Å². The van der Waals surface area contributed by atoms with E-state index in [1.807, 2.05) is 49.6 Å². The monoisotopic (exact) mass is 280 g/mol. The summed E-state index contributed by atoms with van der Waals surface area (Å²) in [4.78, 5) is 8.78. The fraction of sp³-hybridized carbons (Fsp3) is 0.294. The van der Waals surface area contributed by atoms with Gasteiger partial charge in [-0.3, -0.25) is 4.98 Å². The van der Waals surface area contributed by atoms with Crippen LogP contribution in [-0.2, 0) is 0 Å². The number of para-hydroxylation sites is 2. The Bertz CT molecular complexity index is 733. The van der Waals surface area contributed by atoms with E-state index < -0.39 is 0 Å². The Morgan fingerprint density at radius 3 is 2.57 bits per heavy atom. The molecule has 0 aliphatic rings. The van der Waals surface area contributed by atoms with E-state index in [1.54, 1.807) is 0 Å². The zero-order chi connectivity index (χ0) is 14.8. The van der Waals surface area contributed by atoms with Crippen molar-refractivity contribution in [3.8, 4) is 0 Å². The largest absolute Gasteiger partial charge is 0.326 e. The Kier molecular flexibility index (Phi) is 3.71. The van der Waals surface area contributed by atoms with Gasteiger partial charge in [-0.25, -0.2) is 4.98 Å². The fourth-order valence-electron chi connectivity index (χ4n) is 2.89. The lowest BCUT2D eigenvalue weighted by atomic mass is 9.98. The molecule has 0 bridgehead atoms. The molecule has 1 aromatic carbocycles. The summed E-state index contributed by atoms with van der Waals surface area (Å²) in [6.07, 6.45) is 4.54. The zero-order valence-electron chi connectivity index (χ0n) is 12.4. The third-order valence-electron chi connectivity index (χ3n) is 3.97. The van der Waals surface area contributed by atoms with Gasteiger partial charge in [0.25, 0.3) is 0 Å². The van der Waals surface area contributed by atoms with E-state index in [0.29, 0.717) is 0 Å². The number of rotatable bonds is 4. The van der Waals surface area contributed by atoms with E-state index in [0.717, 1.165) is 23.3 Å². The average Bonchev–Trinajstić information content (AvgIpc) is 2.85. The molecule has 0 aliphatic heterocycles. The summed E-state index contributed by atoms with van der Waals surface area (Å²) in [5.41, 5.74) is 9.74. The number of aryl methyl sites for hydroxylation is 1. The molecule has 2 atom stereocenters. The van der Waals surface area contributed by atoms with Crippen molar-refractivity contribution in [2.75, 3.05) is 0 Å². The molecule has 0 fully saturated rings. The number of pyridine rings is 1. The molecule has 0 amide bonds. The van der Waals surface area contributed by atoms with Crippen LogP contribution in [0.5, 0.6) is 0 Å². The summed E-state index contributed by atoms with van der Waals surface area (Å²) < 4.78 is 2.25. The molecule has 0 aliphatic carbocycles. The molecule has 108 valence electrons. The molecule has 2 aromatic heterocycles. The average molecular weight is 280 g/mol. The molecular formula is C17H20N4. The van der Waals surface area contributed by atoms with Crippen molar-refractivity contribution in [2.24, 2.45) is 5.73 Å². The lowest BCUT2D eigenvalue weighted by Crippen LogP contribution is -2.33. The number of benzene rings is 1. The van der Waals surface area contributed by atoms with E-state index in [2.05, 4.69) is 27.5 Å². The standard InChI is InChI=1S/C17H20N4/c1-3-14(18)17(13-8-10-19-11-9-13)21-12(2)20-15-6-4-5-7-16(15)21/h4-11,14,17H,3,18H2,1-2H3. The van der Waals surface area contributed by atoms with Crippen molar-refractivity contribution < 1.29 is 0 Å². The van der Waals surface area contributed by atoms with Crippen molar-refractivity contribution in [2.45, 2.75) is 32.4 Å². The summed E-state index contributed by atoms with van der Waals surface area (Å²) in [5.74, 6) is 0.988. The van der Waals surface area contributed by atoms with Gasteiger partial charge in [0.2, 0.25) is 0 Å². The normalized spacial score (nSPS) is 14.2. The molecule has 2 unspecified atom stereocenters. The molecule has 3 aromatic rings. The van der Waals surface area contributed by atoms with Gasteiger partial charge in [0.1, 0.15) is 5.82 Å². The lowest BCUT2D eigenvalue weighted by Gasteiger charge is -2.26. The van der Waals surface area contributed by atoms with Crippen LogP contribution in [0.3, 0.4) is 0 Å². The van der Waals surface area contributed by atoms with Crippen LogP contribution in [-0.4, -0.2) is 20.6 Å². The summed E-state index contributed by atoms with van der Waals surface area (Å²) in [5, 5.41) is 0. The first-order chi connectivity index (χ1) is 10.2. The van der Waals surface area contributed by atoms with E-state index in [-0.39, 0.29) is 12.1 Å². The van der Waals surface area contributed by atoms with Crippen molar-refractivity contribution >= 4 is 11.0 Å². The molecule has 0 spiro atoms. The number of nitrogens with zero attached hydrogens (tertiary/aromatic N) is 3. The summed E-state index contributed by atoms with van der Waals surface area (Å²) in [6.45, 7) is 4.16. The number of imidazole rings is 1. The van der Waals surface area contributed by atoms with Gasteiger partial charge < -0.3 is 10.3 Å². The number of hydrogen-bond acceptors (Lipinski definition) is 3. The van der Waals surface area contributed by atoms with Gasteiger partial charge in [0.15, 0.2) is 0 Å². The van der Waals surface area contributed by atoms with Crippen molar-refractivity contribution in [1.29, 1.82) is 0 Å². The number of hydrogen-bond donors (Lipinski definition) is 1. The Morgan fingerprint density at radius 2 is 1.86 bits per heavy atom. The second-order valence-electron chi connectivity index (χ2n) is 5.32. The Hall–Kier alpha value is -2.20. The fourth-order valence-corrected chi connectivity index (χ4v) is 2.89. The molecule has 0 saturated heterocycles. The molecule has 0 saturated carbocycles. The van der Waals surface area contributed by atoms with Crippen LogP contribution in [0.4, 0.5) is 0 Å². The predicted molar refractivity (Wildman–Crippen MR) is 85.1 cm³/mol. The summed E-state index contributed by atoms with van der Waals surface area (Å²) >= 11 is 0. The molecule has 2 heterocycles. The van der Waals surface area contributed by atoms with E-state index in [1.165, 1.54) is 5.56 Å². The van der Waals surface area contributed by atoms with E-state index in [9.17, 15) is 0 Å². The highest BCUT2D eigenvalue weighted by Crippen LogP contribution is 2.28. The molecule has 3 rings (SSSR count). The highest BCUT2D eigenvalue weighted by atomic mass is 15.1. The summed E-state index contributed by atoms with van der Waals surface area (Å²) in [6, 6.07) is 12.4. The third-order valence-corrected chi connectivity index (χ3v) is 3.97. The Balaban J connectivity index is 2.22. The van der Waals surface area contributed by atoms with Crippen molar-refractivity contribution in [3.05, 3.63) is 60.2 Å². The second-order valence-corrected chi connectivity index (χ2v) is 5.32. The maximum absolute atomic E-state index is 6.43. The number of nitrogens with two attached hydrogens (primary N) is 1. The first kappa shape index (κ1) is 13.8. The van der Waals surface area contributed by atoms with Gasteiger partial charge in [-0.2, -0.15) is 0 Å². The smallest absolute Gasteiger partial charge is 0.107 e. The maximum Gasteiger partial charge on any atom is 0.107 e. The van der Waals surface area contributed by atoms with E-state index in [4.69, 9.17) is 5.73 Å². The second kappa shape index (κ2) is 5.66. The quantitative estimate of drug-likeness (QED) is 0.799. The molecule has 2 N–H and O–H groups in total. The molecule has 4 heteroatoms. The SMILES string of the molecule is CCC(N)C(c1ccncc1)n1c(C)nc2ccccc21. The van der Waals surface area contributed by atoms with Gasteiger partial charge in [-0.15, -0.1) is 0 Å². The minimum Gasteiger partial charge on any atom is -0.326 e. The molecule has 4 nitrogen and oxygen atoms in total. The van der Waals surface area contributed by atoms with Gasteiger partial charge in [0, 0.05) is 18.4 Å². The maximum atomic E-state index is 6.43. The number of fused-ring (bicyclic) bond motifs is 1. The molecule has 0 radical (unpaired) electrons.